The number of carbonyl (C=O) groups excluding carboxylic acids is 4. The Morgan fingerprint density at radius 1 is 1.04 bits per heavy atom. The summed E-state index contributed by atoms with van der Waals surface area (Å²) in [4.78, 5) is 53.3. The molecule has 1 saturated heterocycles. The average Bonchev–Trinajstić information content (AvgIpc) is 3.83. The van der Waals surface area contributed by atoms with Gasteiger partial charge in [0.05, 0.1) is 24.2 Å². The molecule has 46 heavy (non-hydrogen) atoms. The summed E-state index contributed by atoms with van der Waals surface area (Å²) in [5.41, 5.74) is 1.80. The summed E-state index contributed by atoms with van der Waals surface area (Å²) in [6, 6.07) is 14.2. The first-order valence-corrected chi connectivity index (χ1v) is 16.3. The summed E-state index contributed by atoms with van der Waals surface area (Å²) in [6.07, 6.45) is 3.25. The van der Waals surface area contributed by atoms with E-state index >= 15 is 0 Å². The summed E-state index contributed by atoms with van der Waals surface area (Å²) in [5.74, 6) is -1.92. The Kier molecular flexibility index (Phi) is 12.4. The van der Waals surface area contributed by atoms with E-state index in [2.05, 4.69) is 17.6 Å². The lowest BCUT2D eigenvalue weighted by molar-refractivity contribution is -0.160. The van der Waals surface area contributed by atoms with Gasteiger partial charge in [0.2, 0.25) is 11.8 Å². The Balaban J connectivity index is 1.58. The van der Waals surface area contributed by atoms with Crippen molar-refractivity contribution in [3.05, 3.63) is 76.8 Å². The SMILES string of the molecule is COc1ccc(C[C@H]2NC(=O)/C=C\C[C@H]([C@H](C)[C@H]3O[C@@H]3c3ccccc3)CC(=O)[C@H](CC(C)C)OC(=O)[C@H](C)CNC2=O)cc1Cl. The number of hydrogen-bond donors (Lipinski definition) is 2. The van der Waals surface area contributed by atoms with Gasteiger partial charge in [0, 0.05) is 19.4 Å². The zero-order valence-electron chi connectivity index (χ0n) is 27.2. The largest absolute Gasteiger partial charge is 0.495 e. The van der Waals surface area contributed by atoms with Crippen LogP contribution in [-0.2, 0) is 35.1 Å². The van der Waals surface area contributed by atoms with Crippen LogP contribution in [0, 0.1) is 23.7 Å². The van der Waals surface area contributed by atoms with Crippen molar-refractivity contribution >= 4 is 35.2 Å². The molecular weight excluding hydrogens is 608 g/mol. The molecule has 2 amide bonds. The quantitative estimate of drug-likeness (QED) is 0.289. The van der Waals surface area contributed by atoms with E-state index in [1.165, 1.54) is 13.2 Å². The highest BCUT2D eigenvalue weighted by Gasteiger charge is 2.46. The molecule has 2 aromatic rings. The maximum Gasteiger partial charge on any atom is 0.311 e. The molecule has 2 aliphatic rings. The van der Waals surface area contributed by atoms with Crippen LogP contribution in [0.15, 0.2) is 60.7 Å². The molecule has 0 bridgehead atoms. The molecule has 10 heteroatoms. The minimum absolute atomic E-state index is 0.0200. The van der Waals surface area contributed by atoms with E-state index in [0.717, 1.165) is 11.1 Å². The van der Waals surface area contributed by atoms with Crippen LogP contribution in [0.1, 0.15) is 64.2 Å². The number of esters is 1. The molecule has 0 unspecified atom stereocenters. The van der Waals surface area contributed by atoms with Gasteiger partial charge in [-0.15, -0.1) is 0 Å². The Morgan fingerprint density at radius 2 is 1.78 bits per heavy atom. The van der Waals surface area contributed by atoms with Gasteiger partial charge >= 0.3 is 5.97 Å². The van der Waals surface area contributed by atoms with E-state index in [4.69, 9.17) is 25.8 Å². The number of ketones is 1. The van der Waals surface area contributed by atoms with Crippen LogP contribution in [0.5, 0.6) is 5.75 Å². The van der Waals surface area contributed by atoms with Crippen LogP contribution >= 0.6 is 11.6 Å². The van der Waals surface area contributed by atoms with Crippen molar-refractivity contribution in [2.24, 2.45) is 23.7 Å². The van der Waals surface area contributed by atoms with Gasteiger partial charge in [-0.1, -0.05) is 81.8 Å². The van der Waals surface area contributed by atoms with Crippen LogP contribution in [0.4, 0.5) is 0 Å². The molecule has 248 valence electrons. The summed E-state index contributed by atoms with van der Waals surface area (Å²) in [6.45, 7) is 7.63. The van der Waals surface area contributed by atoms with Gasteiger partial charge in [-0.3, -0.25) is 19.2 Å². The Labute approximate surface area is 276 Å². The molecule has 0 saturated carbocycles. The summed E-state index contributed by atoms with van der Waals surface area (Å²) >= 11 is 6.31. The van der Waals surface area contributed by atoms with Gasteiger partial charge in [0.25, 0.3) is 0 Å². The second kappa shape index (κ2) is 16.2. The van der Waals surface area contributed by atoms with E-state index in [-0.39, 0.29) is 55.1 Å². The number of methoxy groups -OCH3 is 1. The lowest BCUT2D eigenvalue weighted by atomic mass is 9.81. The normalized spacial score (nSPS) is 27.7. The standard InChI is InChI=1S/C36H45ClN2O7/c1-21(2)16-31-29(40)19-26(23(4)33-34(46-33)25-10-7-6-8-11-25)12-9-13-32(41)39-28(35(42)38-20-22(3)36(43)45-31)18-24-14-15-30(44-5)27(37)17-24/h6-11,13-15,17,21-23,26,28,31,33-34H,12,16,18-20H2,1-5H3,(H,38,42)(H,39,41)/b13-9-/t22-,23+,26+,28-,31+,33-,34-/m1/s1. The van der Waals surface area contributed by atoms with E-state index < -0.39 is 35.8 Å². The van der Waals surface area contributed by atoms with Crippen molar-refractivity contribution in [1.29, 1.82) is 0 Å². The number of Topliss-reactive ketones (excluding diaryl/α,β-unsaturated/α-hetero) is 1. The number of carbonyl (C=O) groups is 4. The number of benzene rings is 2. The number of ether oxygens (including phenoxy) is 3. The minimum Gasteiger partial charge on any atom is -0.495 e. The van der Waals surface area contributed by atoms with Crippen LogP contribution in [0.3, 0.4) is 0 Å². The third-order valence-corrected chi connectivity index (χ3v) is 8.96. The highest BCUT2D eigenvalue weighted by atomic mass is 35.5. The highest BCUT2D eigenvalue weighted by Crippen LogP contribution is 2.46. The molecule has 2 heterocycles. The van der Waals surface area contributed by atoms with Gasteiger partial charge in [-0.25, -0.2) is 0 Å². The number of epoxide rings is 1. The van der Waals surface area contributed by atoms with Gasteiger partial charge in [0.1, 0.15) is 17.9 Å². The predicted molar refractivity (Wildman–Crippen MR) is 175 cm³/mol. The fourth-order valence-electron chi connectivity index (χ4n) is 5.82. The number of allylic oxidation sites excluding steroid dienone is 1. The smallest absolute Gasteiger partial charge is 0.311 e. The summed E-state index contributed by atoms with van der Waals surface area (Å²) in [5, 5.41) is 5.95. The molecule has 9 nitrogen and oxygen atoms in total. The monoisotopic (exact) mass is 652 g/mol. The first kappa shape index (κ1) is 35.2. The molecular formula is C36H45ClN2O7. The Bertz CT molecular complexity index is 1410. The van der Waals surface area contributed by atoms with E-state index in [1.807, 2.05) is 44.2 Å². The average molecular weight is 653 g/mol. The number of cyclic esters (lactones) is 1. The molecule has 0 aliphatic carbocycles. The number of nitrogens with one attached hydrogen (secondary N) is 2. The summed E-state index contributed by atoms with van der Waals surface area (Å²) < 4.78 is 17.1. The number of hydrogen-bond acceptors (Lipinski definition) is 7. The number of rotatable bonds is 8. The molecule has 2 aliphatic heterocycles. The fraction of sp³-hybridized carbons (Fsp3) is 0.500. The van der Waals surface area contributed by atoms with Crippen molar-refractivity contribution in [3.63, 3.8) is 0 Å². The van der Waals surface area contributed by atoms with Crippen LogP contribution < -0.4 is 15.4 Å². The highest BCUT2D eigenvalue weighted by molar-refractivity contribution is 6.32. The first-order chi connectivity index (χ1) is 22.0. The predicted octanol–water partition coefficient (Wildman–Crippen LogP) is 5.40. The van der Waals surface area contributed by atoms with Crippen LogP contribution in [0.25, 0.3) is 0 Å². The van der Waals surface area contributed by atoms with E-state index in [0.29, 0.717) is 23.6 Å². The molecule has 1 fully saturated rings. The lowest BCUT2D eigenvalue weighted by Crippen LogP contribution is -2.49. The van der Waals surface area contributed by atoms with Crippen molar-refractivity contribution in [2.45, 2.75) is 77.7 Å². The second-order valence-electron chi connectivity index (χ2n) is 12.8. The van der Waals surface area contributed by atoms with Gasteiger partial charge in [-0.05, 0) is 59.9 Å². The molecule has 2 aromatic carbocycles. The maximum absolute atomic E-state index is 13.7. The van der Waals surface area contributed by atoms with Crippen molar-refractivity contribution in [1.82, 2.24) is 10.6 Å². The third-order valence-electron chi connectivity index (χ3n) is 8.66. The van der Waals surface area contributed by atoms with E-state index in [1.54, 1.807) is 31.2 Å². The second-order valence-corrected chi connectivity index (χ2v) is 13.2. The topological polar surface area (TPSA) is 123 Å². The minimum atomic E-state index is -0.936. The van der Waals surface area contributed by atoms with Gasteiger partial charge in [0.15, 0.2) is 11.9 Å². The lowest BCUT2D eigenvalue weighted by Gasteiger charge is -2.26. The molecule has 0 radical (unpaired) electrons. The Hall–Kier alpha value is -3.69. The van der Waals surface area contributed by atoms with Crippen molar-refractivity contribution < 1.29 is 33.4 Å². The molecule has 4 rings (SSSR count). The number of amides is 2. The molecule has 7 atom stereocenters. The van der Waals surface area contributed by atoms with Crippen molar-refractivity contribution in [2.75, 3.05) is 13.7 Å². The molecule has 0 aromatic heterocycles. The van der Waals surface area contributed by atoms with Gasteiger partial charge in [-0.2, -0.15) is 0 Å². The first-order valence-electron chi connectivity index (χ1n) is 16.0. The maximum atomic E-state index is 13.7. The summed E-state index contributed by atoms with van der Waals surface area (Å²) in [7, 11) is 1.51. The van der Waals surface area contributed by atoms with Crippen LogP contribution in [0.2, 0.25) is 5.02 Å². The molecule has 0 spiro atoms. The molecule has 2 N–H and O–H groups in total. The zero-order chi connectivity index (χ0) is 33.4. The van der Waals surface area contributed by atoms with Gasteiger partial charge < -0.3 is 24.8 Å². The van der Waals surface area contributed by atoms with E-state index in [9.17, 15) is 19.2 Å². The van der Waals surface area contributed by atoms with Crippen LogP contribution in [-0.4, -0.2) is 55.5 Å². The fourth-order valence-corrected chi connectivity index (χ4v) is 6.10. The van der Waals surface area contributed by atoms with Crippen molar-refractivity contribution in [3.8, 4) is 5.75 Å². The Morgan fingerprint density at radius 3 is 2.46 bits per heavy atom. The zero-order valence-corrected chi connectivity index (χ0v) is 27.9. The number of halogens is 1. The third kappa shape index (κ3) is 9.66.